The van der Waals surface area contributed by atoms with E-state index in [1.54, 1.807) is 56.3 Å². The van der Waals surface area contributed by atoms with Crippen molar-refractivity contribution >= 4 is 30.8 Å². The van der Waals surface area contributed by atoms with E-state index >= 15 is 0 Å². The lowest BCUT2D eigenvalue weighted by Gasteiger charge is -2.29. The Morgan fingerprint density at radius 1 is 0.826 bits per heavy atom. The van der Waals surface area contributed by atoms with Crippen LogP contribution in [0.3, 0.4) is 0 Å². The molecule has 0 saturated carbocycles. The van der Waals surface area contributed by atoms with Crippen molar-refractivity contribution in [2.75, 3.05) is 32.2 Å². The topological polar surface area (TPSA) is 218 Å². The quantitative estimate of drug-likeness (QED) is 0.0366. The first kappa shape index (κ1) is 53.7. The van der Waals surface area contributed by atoms with Gasteiger partial charge in [-0.05, 0) is 68.3 Å². The van der Waals surface area contributed by atoms with Crippen molar-refractivity contribution in [2.45, 2.75) is 166 Å². The highest BCUT2D eigenvalue weighted by atomic mass is 35.5. The predicted octanol–water partition coefficient (Wildman–Crippen LogP) is 11.4. The van der Waals surface area contributed by atoms with Crippen molar-refractivity contribution in [1.29, 1.82) is 15.8 Å². The maximum Gasteiger partial charge on any atom is 0.530 e. The van der Waals surface area contributed by atoms with Gasteiger partial charge in [0.1, 0.15) is 48.1 Å². The molecule has 2 aromatic carbocycles. The minimum absolute atomic E-state index is 0.00942. The lowest BCUT2D eigenvalue weighted by Crippen LogP contribution is -2.40. The number of phosphoric acid groups is 1. The standard InChI is InChI=1S/C51H67ClN7O9P/c1-4-5-6-7-8-9-10-11-12-13-14-15-16-17-18-21-26-61-33-41(62-32-40-28-38(30-53)27-39(29-40)31-54)34-63-69(60,68-44-23-20-19-22-42(44)52)64-35-45-47-48(67-50(2,3)66-47)51(36-55,65-45)46-25-24-43-49(56)57-37-58-59(43)46/h19-20,22-25,27-29,37,41,45,47-48H,4-18,21,26,32-35H2,1-3H3,(H2,56,57,58)/t41-,45-,47-,48-,51+,69?/m1/s1. The fraction of sp³-hybridized carbons (Fsp3) is 0.588. The van der Waals surface area contributed by atoms with Crippen LogP contribution < -0.4 is 10.3 Å². The molecule has 18 heteroatoms. The number of fused-ring (bicyclic) bond motifs is 2. The summed E-state index contributed by atoms with van der Waals surface area (Å²) in [5, 5.41) is 34.5. The molecule has 2 aromatic heterocycles. The summed E-state index contributed by atoms with van der Waals surface area (Å²) in [6, 6.07) is 21.0. The van der Waals surface area contributed by atoms with Crippen LogP contribution in [0.25, 0.3) is 5.52 Å². The normalized spacial score (nSPS) is 20.7. The molecule has 6 rings (SSSR count). The van der Waals surface area contributed by atoms with E-state index in [1.807, 2.05) is 0 Å². The van der Waals surface area contributed by atoms with E-state index in [9.17, 15) is 20.4 Å². The van der Waals surface area contributed by atoms with Gasteiger partial charge in [-0.3, -0.25) is 9.05 Å². The van der Waals surface area contributed by atoms with Crippen molar-refractivity contribution < 1.29 is 41.8 Å². The molecule has 1 unspecified atom stereocenters. The third kappa shape index (κ3) is 15.2. The highest BCUT2D eigenvalue weighted by molar-refractivity contribution is 7.49. The van der Waals surface area contributed by atoms with E-state index in [-0.39, 0.29) is 36.4 Å². The number of aromatic nitrogens is 3. The van der Waals surface area contributed by atoms with Crippen molar-refractivity contribution in [2.24, 2.45) is 0 Å². The first-order valence-electron chi connectivity index (χ1n) is 24.4. The van der Waals surface area contributed by atoms with E-state index in [2.05, 4.69) is 35.2 Å². The number of para-hydroxylation sites is 1. The summed E-state index contributed by atoms with van der Waals surface area (Å²) >= 11 is 6.49. The monoisotopic (exact) mass is 987 g/mol. The molecule has 2 N–H and O–H groups in total. The van der Waals surface area contributed by atoms with Gasteiger partial charge in [0.2, 0.25) is 5.60 Å². The molecule has 2 aliphatic heterocycles. The van der Waals surface area contributed by atoms with E-state index in [1.165, 1.54) is 106 Å². The summed E-state index contributed by atoms with van der Waals surface area (Å²) < 4.78 is 65.9. The highest BCUT2D eigenvalue weighted by Crippen LogP contribution is 2.54. The molecule has 6 atom stereocenters. The van der Waals surface area contributed by atoms with E-state index in [4.69, 9.17) is 54.6 Å². The SMILES string of the molecule is CCCCCCCCCCCCCCCCCCOC[C@H](COP(=O)(OC[C@H]1O[C@@](C#N)(c2ccc3c(N)ncnn23)[C@@H]2OC(C)(C)O[C@@H]21)Oc1ccccc1Cl)OCc1cc(C#N)cc(C#N)c1. The zero-order chi connectivity index (χ0) is 49.1. The van der Waals surface area contributed by atoms with E-state index in [0.29, 0.717) is 34.5 Å². The van der Waals surface area contributed by atoms with Crippen LogP contribution in [0.2, 0.25) is 5.02 Å². The van der Waals surface area contributed by atoms with Crippen LogP contribution in [-0.4, -0.2) is 71.2 Å². The third-order valence-electron chi connectivity index (χ3n) is 12.3. The number of halogens is 1. The van der Waals surface area contributed by atoms with Crippen molar-refractivity contribution in [3.05, 3.63) is 88.3 Å². The van der Waals surface area contributed by atoms with Crippen LogP contribution in [0.15, 0.2) is 60.9 Å². The number of ether oxygens (including phenoxy) is 5. The van der Waals surface area contributed by atoms with E-state index < -0.39 is 50.2 Å². The number of hydrogen-bond acceptors (Lipinski definition) is 15. The molecular weight excluding hydrogens is 921 g/mol. The highest BCUT2D eigenvalue weighted by Gasteiger charge is 2.65. The minimum Gasteiger partial charge on any atom is -0.402 e. The van der Waals surface area contributed by atoms with Crippen LogP contribution in [-0.2, 0) is 49.5 Å². The molecular formula is C51H67ClN7O9P. The molecule has 2 saturated heterocycles. The first-order chi connectivity index (χ1) is 33.4. The number of anilines is 1. The second-order valence-electron chi connectivity index (χ2n) is 18.2. The second kappa shape index (κ2) is 26.5. The Kier molecular flexibility index (Phi) is 20.7. The number of phosphoric ester groups is 1. The molecule has 4 heterocycles. The molecule has 16 nitrogen and oxygen atoms in total. The summed E-state index contributed by atoms with van der Waals surface area (Å²) in [6.45, 7) is 5.46. The Labute approximate surface area is 411 Å². The van der Waals surface area contributed by atoms with Crippen LogP contribution in [0.4, 0.5) is 5.82 Å². The fourth-order valence-electron chi connectivity index (χ4n) is 8.76. The summed E-state index contributed by atoms with van der Waals surface area (Å²) in [5.41, 5.74) is 6.34. The predicted molar refractivity (Wildman–Crippen MR) is 260 cm³/mol. The minimum atomic E-state index is -4.61. The number of nitrogens with zero attached hydrogens (tertiary/aromatic N) is 6. The van der Waals surface area contributed by atoms with Gasteiger partial charge in [-0.2, -0.15) is 20.9 Å². The molecule has 0 spiro atoms. The number of nitrogens with two attached hydrogens (primary N) is 1. The average Bonchev–Trinajstić information content (AvgIpc) is 4.02. The Morgan fingerprint density at radius 2 is 1.46 bits per heavy atom. The molecule has 0 bridgehead atoms. The number of unbranched alkanes of at least 4 members (excludes halogenated alkanes) is 15. The average molecular weight is 989 g/mol. The van der Waals surface area contributed by atoms with Crippen LogP contribution in [0.5, 0.6) is 5.75 Å². The lowest BCUT2D eigenvalue weighted by atomic mass is 9.92. The molecule has 4 aromatic rings. The van der Waals surface area contributed by atoms with Crippen molar-refractivity contribution in [1.82, 2.24) is 14.6 Å². The molecule has 0 amide bonds. The van der Waals surface area contributed by atoms with Gasteiger partial charge in [0.15, 0.2) is 11.6 Å². The van der Waals surface area contributed by atoms with Crippen molar-refractivity contribution in [3.8, 4) is 24.0 Å². The van der Waals surface area contributed by atoms with E-state index in [0.717, 1.165) is 19.3 Å². The fourth-order valence-corrected chi connectivity index (χ4v) is 10.2. The summed E-state index contributed by atoms with van der Waals surface area (Å²) in [7, 11) is -4.61. The number of benzene rings is 2. The van der Waals surface area contributed by atoms with Crippen LogP contribution in [0, 0.1) is 34.0 Å². The zero-order valence-electron chi connectivity index (χ0n) is 40.2. The molecule has 69 heavy (non-hydrogen) atoms. The van der Waals surface area contributed by atoms with Gasteiger partial charge in [-0.15, -0.1) is 0 Å². The Balaban J connectivity index is 1.08. The maximum absolute atomic E-state index is 14.8. The largest absolute Gasteiger partial charge is 0.530 e. The van der Waals surface area contributed by atoms with Gasteiger partial charge in [0, 0.05) is 6.61 Å². The summed E-state index contributed by atoms with van der Waals surface area (Å²) in [5.74, 6) is -0.896. The van der Waals surface area contributed by atoms with Gasteiger partial charge in [-0.1, -0.05) is 127 Å². The summed E-state index contributed by atoms with van der Waals surface area (Å²) in [6.07, 6.45) is 17.8. The molecule has 2 fully saturated rings. The Bertz CT molecular complexity index is 2400. The number of hydrogen-bond donors (Lipinski definition) is 1. The van der Waals surface area contributed by atoms with Crippen LogP contribution >= 0.6 is 19.4 Å². The molecule has 2 aliphatic rings. The summed E-state index contributed by atoms with van der Waals surface area (Å²) in [4.78, 5) is 4.06. The van der Waals surface area contributed by atoms with Gasteiger partial charge < -0.3 is 33.9 Å². The van der Waals surface area contributed by atoms with Crippen molar-refractivity contribution in [3.63, 3.8) is 0 Å². The smallest absolute Gasteiger partial charge is 0.402 e. The number of nitriles is 3. The van der Waals surface area contributed by atoms with Gasteiger partial charge in [0.05, 0.1) is 60.4 Å². The van der Waals surface area contributed by atoms with Gasteiger partial charge >= 0.3 is 7.82 Å². The molecule has 372 valence electrons. The second-order valence-corrected chi connectivity index (χ2v) is 20.2. The lowest BCUT2D eigenvalue weighted by molar-refractivity contribution is -0.204. The van der Waals surface area contributed by atoms with Crippen LogP contribution in [0.1, 0.15) is 146 Å². The maximum atomic E-state index is 14.8. The Hall–Kier alpha value is -4.63. The Morgan fingerprint density at radius 3 is 2.09 bits per heavy atom. The third-order valence-corrected chi connectivity index (χ3v) is 14.0. The van der Waals surface area contributed by atoms with Gasteiger partial charge in [-0.25, -0.2) is 14.1 Å². The molecule has 0 aliphatic carbocycles. The van der Waals surface area contributed by atoms with Gasteiger partial charge in [0.25, 0.3) is 0 Å². The molecule has 0 radical (unpaired) electrons. The number of rotatable bonds is 31. The number of nitrogen functional groups attached to an aromatic ring is 1. The first-order valence-corrected chi connectivity index (χ1v) is 26.3. The zero-order valence-corrected chi connectivity index (χ0v) is 41.8.